The molecule has 2 rings (SSSR count). The Kier molecular flexibility index (Phi) is 3.79. The normalized spacial score (nSPS) is 34.9. The first-order valence-electron chi connectivity index (χ1n) is 5.93. The van der Waals surface area contributed by atoms with Crippen molar-refractivity contribution in [3.05, 3.63) is 0 Å². The maximum Gasteiger partial charge on any atom is 0.0469 e. The fraction of sp³-hybridized carbons (Fsp3) is 1.00. The van der Waals surface area contributed by atoms with Gasteiger partial charge in [-0.2, -0.15) is 0 Å². The molecule has 2 unspecified atom stereocenters. The van der Waals surface area contributed by atoms with Crippen LogP contribution < -0.4 is 11.1 Å². The van der Waals surface area contributed by atoms with Crippen LogP contribution in [0.1, 0.15) is 32.1 Å². The highest BCUT2D eigenvalue weighted by Gasteiger charge is 2.24. The Morgan fingerprint density at radius 1 is 1.14 bits per heavy atom. The molecular weight excluding hydrogens is 176 g/mol. The smallest absolute Gasteiger partial charge is 0.0469 e. The fourth-order valence-electron chi connectivity index (χ4n) is 2.51. The summed E-state index contributed by atoms with van der Waals surface area (Å²) >= 11 is 0. The number of ether oxygens (including phenoxy) is 1. The molecule has 0 aromatic carbocycles. The summed E-state index contributed by atoms with van der Waals surface area (Å²) in [6, 6.07) is 0.979. The SMILES string of the molecule is NC1CCCC1NCC1CCOCC1. The molecule has 1 aliphatic carbocycles. The van der Waals surface area contributed by atoms with Gasteiger partial charge in [0.25, 0.3) is 0 Å². The Labute approximate surface area is 86.4 Å². The van der Waals surface area contributed by atoms with Crippen molar-refractivity contribution in [3.8, 4) is 0 Å². The third-order valence-corrected chi connectivity index (χ3v) is 3.58. The van der Waals surface area contributed by atoms with Gasteiger partial charge in [-0.05, 0) is 38.1 Å². The van der Waals surface area contributed by atoms with E-state index in [1.54, 1.807) is 0 Å². The zero-order valence-corrected chi connectivity index (χ0v) is 8.87. The van der Waals surface area contributed by atoms with Gasteiger partial charge < -0.3 is 15.8 Å². The van der Waals surface area contributed by atoms with Crippen molar-refractivity contribution >= 4 is 0 Å². The monoisotopic (exact) mass is 198 g/mol. The molecule has 2 aliphatic rings. The Bertz CT molecular complexity index is 169. The van der Waals surface area contributed by atoms with E-state index < -0.39 is 0 Å². The van der Waals surface area contributed by atoms with E-state index in [9.17, 15) is 0 Å². The van der Waals surface area contributed by atoms with Crippen LogP contribution in [0.15, 0.2) is 0 Å². The number of nitrogens with two attached hydrogens (primary N) is 1. The zero-order valence-electron chi connectivity index (χ0n) is 8.87. The Hall–Kier alpha value is -0.120. The topological polar surface area (TPSA) is 47.3 Å². The van der Waals surface area contributed by atoms with Gasteiger partial charge in [0, 0.05) is 25.3 Å². The summed E-state index contributed by atoms with van der Waals surface area (Å²) in [6.07, 6.45) is 6.20. The minimum Gasteiger partial charge on any atom is -0.381 e. The van der Waals surface area contributed by atoms with Crippen molar-refractivity contribution in [1.82, 2.24) is 5.32 Å². The van der Waals surface area contributed by atoms with E-state index in [-0.39, 0.29) is 0 Å². The van der Waals surface area contributed by atoms with Crippen LogP contribution in [0, 0.1) is 5.92 Å². The molecule has 0 spiro atoms. The van der Waals surface area contributed by atoms with Gasteiger partial charge in [-0.15, -0.1) is 0 Å². The zero-order chi connectivity index (χ0) is 9.80. The lowest BCUT2D eigenvalue weighted by atomic mass is 10.00. The summed E-state index contributed by atoms with van der Waals surface area (Å²) in [5.41, 5.74) is 6.01. The summed E-state index contributed by atoms with van der Waals surface area (Å²) in [7, 11) is 0. The first-order valence-corrected chi connectivity index (χ1v) is 5.93. The van der Waals surface area contributed by atoms with Gasteiger partial charge in [0.05, 0.1) is 0 Å². The lowest BCUT2D eigenvalue weighted by molar-refractivity contribution is 0.0653. The molecule has 2 fully saturated rings. The molecule has 1 heterocycles. The van der Waals surface area contributed by atoms with E-state index in [4.69, 9.17) is 10.5 Å². The molecule has 14 heavy (non-hydrogen) atoms. The molecule has 0 radical (unpaired) electrons. The van der Waals surface area contributed by atoms with E-state index in [0.29, 0.717) is 12.1 Å². The van der Waals surface area contributed by atoms with Crippen LogP contribution in [-0.4, -0.2) is 31.8 Å². The second-order valence-corrected chi connectivity index (χ2v) is 4.67. The summed E-state index contributed by atoms with van der Waals surface area (Å²) in [5.74, 6) is 0.816. The molecule has 0 amide bonds. The molecule has 3 nitrogen and oxygen atoms in total. The van der Waals surface area contributed by atoms with Crippen LogP contribution >= 0.6 is 0 Å². The van der Waals surface area contributed by atoms with Crippen LogP contribution in [0.3, 0.4) is 0 Å². The van der Waals surface area contributed by atoms with Gasteiger partial charge in [-0.3, -0.25) is 0 Å². The van der Waals surface area contributed by atoms with Crippen molar-refractivity contribution < 1.29 is 4.74 Å². The molecular formula is C11H22N2O. The predicted molar refractivity (Wildman–Crippen MR) is 57.2 cm³/mol. The van der Waals surface area contributed by atoms with Gasteiger partial charge >= 0.3 is 0 Å². The van der Waals surface area contributed by atoms with E-state index in [1.165, 1.54) is 32.1 Å². The Morgan fingerprint density at radius 2 is 1.93 bits per heavy atom. The molecule has 1 saturated heterocycles. The van der Waals surface area contributed by atoms with Crippen LogP contribution in [0.4, 0.5) is 0 Å². The molecule has 1 aliphatic heterocycles. The predicted octanol–water partition coefficient (Wildman–Crippen LogP) is 0.882. The number of nitrogens with one attached hydrogen (secondary N) is 1. The minimum absolute atomic E-state index is 0.398. The highest BCUT2D eigenvalue weighted by Crippen LogP contribution is 2.19. The second-order valence-electron chi connectivity index (χ2n) is 4.67. The average Bonchev–Trinajstić information content (AvgIpc) is 2.63. The fourth-order valence-corrected chi connectivity index (χ4v) is 2.51. The van der Waals surface area contributed by atoms with Crippen molar-refractivity contribution in [1.29, 1.82) is 0 Å². The molecule has 3 heteroatoms. The van der Waals surface area contributed by atoms with E-state index in [1.807, 2.05) is 0 Å². The van der Waals surface area contributed by atoms with E-state index >= 15 is 0 Å². The van der Waals surface area contributed by atoms with Gasteiger partial charge in [0.15, 0.2) is 0 Å². The first kappa shape index (κ1) is 10.4. The van der Waals surface area contributed by atoms with Gasteiger partial charge in [0.2, 0.25) is 0 Å². The minimum atomic E-state index is 0.398. The van der Waals surface area contributed by atoms with Crippen LogP contribution in [-0.2, 0) is 4.74 Å². The molecule has 0 aromatic heterocycles. The molecule has 82 valence electrons. The molecule has 0 aromatic rings. The molecule has 3 N–H and O–H groups in total. The highest BCUT2D eigenvalue weighted by molar-refractivity contribution is 4.86. The first-order chi connectivity index (χ1) is 6.86. The van der Waals surface area contributed by atoms with Crippen molar-refractivity contribution in [2.75, 3.05) is 19.8 Å². The summed E-state index contributed by atoms with van der Waals surface area (Å²) in [6.45, 7) is 3.04. The average molecular weight is 198 g/mol. The number of hydrogen-bond acceptors (Lipinski definition) is 3. The summed E-state index contributed by atoms with van der Waals surface area (Å²) in [4.78, 5) is 0. The van der Waals surface area contributed by atoms with Crippen molar-refractivity contribution in [2.45, 2.75) is 44.2 Å². The number of hydrogen-bond donors (Lipinski definition) is 2. The van der Waals surface area contributed by atoms with Gasteiger partial charge in [0.1, 0.15) is 0 Å². The maximum absolute atomic E-state index is 6.01. The Morgan fingerprint density at radius 3 is 2.57 bits per heavy atom. The van der Waals surface area contributed by atoms with E-state index in [0.717, 1.165) is 25.7 Å². The van der Waals surface area contributed by atoms with Gasteiger partial charge in [-0.1, -0.05) is 6.42 Å². The third-order valence-electron chi connectivity index (χ3n) is 3.58. The standard InChI is InChI=1S/C11H22N2O/c12-10-2-1-3-11(10)13-8-9-4-6-14-7-5-9/h9-11,13H,1-8,12H2. The van der Waals surface area contributed by atoms with E-state index in [2.05, 4.69) is 5.32 Å². The largest absolute Gasteiger partial charge is 0.381 e. The molecule has 1 saturated carbocycles. The van der Waals surface area contributed by atoms with Crippen LogP contribution in [0.25, 0.3) is 0 Å². The lowest BCUT2D eigenvalue weighted by Gasteiger charge is -2.25. The van der Waals surface area contributed by atoms with Crippen LogP contribution in [0.5, 0.6) is 0 Å². The quantitative estimate of drug-likeness (QED) is 0.708. The summed E-state index contributed by atoms with van der Waals surface area (Å²) < 4.78 is 5.34. The lowest BCUT2D eigenvalue weighted by Crippen LogP contribution is -2.43. The van der Waals surface area contributed by atoms with Crippen molar-refractivity contribution in [3.63, 3.8) is 0 Å². The number of rotatable bonds is 3. The second kappa shape index (κ2) is 5.10. The molecule has 2 atom stereocenters. The maximum atomic E-state index is 6.01. The highest BCUT2D eigenvalue weighted by atomic mass is 16.5. The third kappa shape index (κ3) is 2.69. The summed E-state index contributed by atoms with van der Waals surface area (Å²) in [5, 5.41) is 3.62. The van der Waals surface area contributed by atoms with Crippen molar-refractivity contribution in [2.24, 2.45) is 11.7 Å². The molecule has 0 bridgehead atoms. The van der Waals surface area contributed by atoms with Crippen LogP contribution in [0.2, 0.25) is 0 Å². The Balaban J connectivity index is 1.65. The van der Waals surface area contributed by atoms with Gasteiger partial charge in [-0.25, -0.2) is 0 Å².